The molecule has 1 unspecified atom stereocenters. The first-order valence-electron chi connectivity index (χ1n) is 7.17. The second-order valence-electron chi connectivity index (χ2n) is 5.81. The lowest BCUT2D eigenvalue weighted by Gasteiger charge is -2.24. The Morgan fingerprint density at radius 3 is 2.52 bits per heavy atom. The summed E-state index contributed by atoms with van der Waals surface area (Å²) < 4.78 is 0. The average molecular weight is 288 g/mol. The number of rotatable bonds is 3. The number of urea groups is 1. The van der Waals surface area contributed by atoms with Gasteiger partial charge in [-0.1, -0.05) is 0 Å². The molecule has 2 aliphatic rings. The Morgan fingerprint density at radius 1 is 1.29 bits per heavy atom. The molecule has 0 spiro atoms. The number of nitrogens with two attached hydrogens (primary N) is 1. The molecule has 2 N–H and O–H groups in total. The minimum absolute atomic E-state index is 0.0801. The maximum Gasteiger partial charge on any atom is 0.325 e. The first kappa shape index (κ1) is 13.7. The molecule has 3 rings (SSSR count). The van der Waals surface area contributed by atoms with Crippen LogP contribution in [0.5, 0.6) is 0 Å². The Morgan fingerprint density at radius 2 is 1.95 bits per heavy atom. The maximum atomic E-state index is 12.6. The Kier molecular flexibility index (Phi) is 3.23. The zero-order valence-corrected chi connectivity index (χ0v) is 12.3. The predicted molar refractivity (Wildman–Crippen MR) is 81.4 cm³/mol. The third kappa shape index (κ3) is 2.11. The summed E-state index contributed by atoms with van der Waals surface area (Å²) >= 11 is 0. The van der Waals surface area contributed by atoms with Gasteiger partial charge in [0, 0.05) is 32.0 Å². The molecule has 3 amide bonds. The number of nitrogens with zero attached hydrogens (tertiary/aromatic N) is 3. The normalized spacial score (nSPS) is 24.4. The maximum absolute atomic E-state index is 12.6. The molecule has 6 heteroatoms. The van der Waals surface area contributed by atoms with Crippen LogP contribution in [0.3, 0.4) is 0 Å². The number of primary amides is 1. The second kappa shape index (κ2) is 4.95. The van der Waals surface area contributed by atoms with Crippen LogP contribution in [0.15, 0.2) is 24.3 Å². The van der Waals surface area contributed by atoms with Gasteiger partial charge >= 0.3 is 6.03 Å². The van der Waals surface area contributed by atoms with Crippen molar-refractivity contribution in [3.63, 3.8) is 0 Å². The SMILES string of the molecule is CN(C)c1ccc(N2C(=O)N3CCC[C@@H]3C2C(N)=O)cc1. The van der Waals surface area contributed by atoms with Gasteiger partial charge in [-0.25, -0.2) is 4.79 Å². The molecule has 2 atom stereocenters. The molecule has 2 fully saturated rings. The van der Waals surface area contributed by atoms with Crippen LogP contribution in [-0.4, -0.2) is 49.6 Å². The van der Waals surface area contributed by atoms with Gasteiger partial charge in [0.2, 0.25) is 5.91 Å². The van der Waals surface area contributed by atoms with E-state index in [-0.39, 0.29) is 12.1 Å². The molecule has 2 heterocycles. The zero-order valence-electron chi connectivity index (χ0n) is 12.3. The second-order valence-corrected chi connectivity index (χ2v) is 5.81. The highest BCUT2D eigenvalue weighted by atomic mass is 16.2. The van der Waals surface area contributed by atoms with E-state index in [0.717, 1.165) is 24.2 Å². The van der Waals surface area contributed by atoms with E-state index < -0.39 is 11.9 Å². The first-order valence-corrected chi connectivity index (χ1v) is 7.17. The van der Waals surface area contributed by atoms with Crippen molar-refractivity contribution in [2.45, 2.75) is 24.9 Å². The molecule has 6 nitrogen and oxygen atoms in total. The minimum atomic E-state index is -0.565. The van der Waals surface area contributed by atoms with Gasteiger partial charge in [0.1, 0.15) is 6.04 Å². The molecule has 0 bridgehead atoms. The van der Waals surface area contributed by atoms with Crippen molar-refractivity contribution < 1.29 is 9.59 Å². The monoisotopic (exact) mass is 288 g/mol. The number of amides is 3. The highest BCUT2D eigenvalue weighted by Gasteiger charge is 2.51. The quantitative estimate of drug-likeness (QED) is 0.902. The molecule has 0 radical (unpaired) electrons. The van der Waals surface area contributed by atoms with Crippen molar-refractivity contribution in [1.29, 1.82) is 0 Å². The topological polar surface area (TPSA) is 69.9 Å². The summed E-state index contributed by atoms with van der Waals surface area (Å²) in [6.07, 6.45) is 1.78. The summed E-state index contributed by atoms with van der Waals surface area (Å²) in [6, 6.07) is 6.85. The molecule has 2 aliphatic heterocycles. The van der Waals surface area contributed by atoms with Crippen LogP contribution in [0.1, 0.15) is 12.8 Å². The third-order valence-corrected chi connectivity index (χ3v) is 4.33. The number of benzene rings is 1. The lowest BCUT2D eigenvalue weighted by molar-refractivity contribution is -0.119. The highest BCUT2D eigenvalue weighted by molar-refractivity contribution is 6.03. The van der Waals surface area contributed by atoms with Crippen molar-refractivity contribution in [3.05, 3.63) is 24.3 Å². The molecule has 112 valence electrons. The largest absolute Gasteiger partial charge is 0.378 e. The number of anilines is 2. The minimum Gasteiger partial charge on any atom is -0.378 e. The lowest BCUT2D eigenvalue weighted by Crippen LogP contribution is -2.46. The zero-order chi connectivity index (χ0) is 15.1. The van der Waals surface area contributed by atoms with Crippen molar-refractivity contribution in [3.8, 4) is 0 Å². The molecule has 0 aromatic heterocycles. The molecular formula is C15H20N4O2. The Hall–Kier alpha value is -2.24. The lowest BCUT2D eigenvalue weighted by atomic mass is 10.1. The predicted octanol–water partition coefficient (Wildman–Crippen LogP) is 1.01. The summed E-state index contributed by atoms with van der Waals surface area (Å²) in [7, 11) is 3.91. The van der Waals surface area contributed by atoms with Crippen molar-refractivity contribution >= 4 is 23.3 Å². The smallest absolute Gasteiger partial charge is 0.325 e. The van der Waals surface area contributed by atoms with Gasteiger partial charge in [-0.15, -0.1) is 0 Å². The van der Waals surface area contributed by atoms with Crippen LogP contribution >= 0.6 is 0 Å². The molecule has 1 aromatic rings. The third-order valence-electron chi connectivity index (χ3n) is 4.33. The number of hydrogen-bond donors (Lipinski definition) is 1. The number of carbonyl (C=O) groups excluding carboxylic acids is 2. The van der Waals surface area contributed by atoms with Gasteiger partial charge in [0.15, 0.2) is 0 Å². The Bertz CT molecular complexity index is 570. The molecule has 1 aromatic carbocycles. The summed E-state index contributed by atoms with van der Waals surface area (Å²) in [4.78, 5) is 29.7. The van der Waals surface area contributed by atoms with E-state index in [0.29, 0.717) is 6.54 Å². The van der Waals surface area contributed by atoms with E-state index in [1.807, 2.05) is 43.3 Å². The van der Waals surface area contributed by atoms with Gasteiger partial charge in [0.25, 0.3) is 0 Å². The van der Waals surface area contributed by atoms with E-state index in [1.54, 1.807) is 9.80 Å². The van der Waals surface area contributed by atoms with E-state index in [2.05, 4.69) is 0 Å². The fourth-order valence-corrected chi connectivity index (χ4v) is 3.29. The highest BCUT2D eigenvalue weighted by Crippen LogP contribution is 2.35. The van der Waals surface area contributed by atoms with Crippen LogP contribution in [0.4, 0.5) is 16.2 Å². The fourth-order valence-electron chi connectivity index (χ4n) is 3.29. The van der Waals surface area contributed by atoms with E-state index in [4.69, 9.17) is 5.73 Å². The van der Waals surface area contributed by atoms with Crippen molar-refractivity contribution in [2.75, 3.05) is 30.4 Å². The van der Waals surface area contributed by atoms with Crippen molar-refractivity contribution in [2.24, 2.45) is 5.73 Å². The number of fused-ring (bicyclic) bond motifs is 1. The molecular weight excluding hydrogens is 268 g/mol. The standard InChI is InChI=1S/C15H20N4O2/c1-17(2)10-5-7-11(8-6-10)19-13(14(16)20)12-4-3-9-18(12)15(19)21/h5-8,12-13H,3-4,9H2,1-2H3,(H2,16,20)/t12-,13?/m1/s1. The molecule has 0 aliphatic carbocycles. The fraction of sp³-hybridized carbons (Fsp3) is 0.467. The van der Waals surface area contributed by atoms with Gasteiger partial charge in [-0.05, 0) is 37.1 Å². The average Bonchev–Trinajstić information content (AvgIpc) is 3.01. The number of carbonyl (C=O) groups is 2. The molecule has 2 saturated heterocycles. The van der Waals surface area contributed by atoms with Crippen LogP contribution in [0.25, 0.3) is 0 Å². The summed E-state index contributed by atoms with van der Waals surface area (Å²) in [6.45, 7) is 0.708. The van der Waals surface area contributed by atoms with Crippen molar-refractivity contribution in [1.82, 2.24) is 4.90 Å². The van der Waals surface area contributed by atoms with Crippen LogP contribution < -0.4 is 15.5 Å². The Labute approximate surface area is 124 Å². The number of hydrogen-bond acceptors (Lipinski definition) is 3. The Balaban J connectivity index is 1.95. The summed E-state index contributed by atoms with van der Waals surface area (Å²) in [5.74, 6) is -0.436. The summed E-state index contributed by atoms with van der Waals surface area (Å²) in [5, 5.41) is 0. The molecule has 0 saturated carbocycles. The van der Waals surface area contributed by atoms with Gasteiger partial charge < -0.3 is 15.5 Å². The van der Waals surface area contributed by atoms with Gasteiger partial charge in [-0.3, -0.25) is 9.69 Å². The van der Waals surface area contributed by atoms with E-state index in [9.17, 15) is 9.59 Å². The van der Waals surface area contributed by atoms with Crippen LogP contribution in [-0.2, 0) is 4.79 Å². The van der Waals surface area contributed by atoms with Gasteiger partial charge in [0.05, 0.1) is 6.04 Å². The summed E-state index contributed by atoms with van der Waals surface area (Å²) in [5.41, 5.74) is 7.32. The van der Waals surface area contributed by atoms with E-state index >= 15 is 0 Å². The van der Waals surface area contributed by atoms with Crippen LogP contribution in [0.2, 0.25) is 0 Å². The van der Waals surface area contributed by atoms with E-state index in [1.165, 1.54) is 0 Å². The first-order chi connectivity index (χ1) is 10.0. The molecule has 21 heavy (non-hydrogen) atoms. The van der Waals surface area contributed by atoms with Gasteiger partial charge in [-0.2, -0.15) is 0 Å². The van der Waals surface area contributed by atoms with Crippen LogP contribution in [0, 0.1) is 0 Å².